The van der Waals surface area contributed by atoms with E-state index < -0.39 is 12.2 Å². The summed E-state index contributed by atoms with van der Waals surface area (Å²) in [6, 6.07) is 9.43. The minimum atomic E-state index is -0.644. The molecule has 0 amide bonds. The first-order valence-electron chi connectivity index (χ1n) is 12.4. The smallest absolute Gasteiger partial charge is 0.296 e. The molecular formula is C25H29ClN4O7. The van der Waals surface area contributed by atoms with Crippen molar-refractivity contribution < 1.29 is 33.9 Å². The second-order valence-corrected chi connectivity index (χ2v) is 9.86. The fraction of sp³-hybridized carbons (Fsp3) is 0.520. The molecule has 5 heterocycles. The average molecular weight is 533 g/mol. The second-order valence-electron chi connectivity index (χ2n) is 9.45. The lowest BCUT2D eigenvalue weighted by molar-refractivity contribution is 0.00465. The van der Waals surface area contributed by atoms with Gasteiger partial charge in [-0.05, 0) is 30.3 Å². The fourth-order valence-corrected chi connectivity index (χ4v) is 5.14. The van der Waals surface area contributed by atoms with Crippen LogP contribution in [0.4, 0.5) is 0 Å². The number of aliphatic hydroxyl groups is 2. The van der Waals surface area contributed by atoms with Crippen molar-refractivity contribution in [1.82, 2.24) is 19.9 Å². The van der Waals surface area contributed by atoms with Gasteiger partial charge in [0.05, 0.1) is 42.7 Å². The van der Waals surface area contributed by atoms with Crippen molar-refractivity contribution in [2.45, 2.75) is 30.5 Å². The van der Waals surface area contributed by atoms with Crippen molar-refractivity contribution in [3.63, 3.8) is 0 Å². The number of hydrogen-bond donors (Lipinski definition) is 3. The first kappa shape index (κ1) is 24.8. The van der Waals surface area contributed by atoms with E-state index in [1.165, 1.54) is 0 Å². The number of nitrogens with zero attached hydrogens (tertiary/aromatic N) is 3. The topological polar surface area (TPSA) is 131 Å². The molecule has 3 aromatic rings. The van der Waals surface area contributed by atoms with E-state index in [9.17, 15) is 10.2 Å². The quantitative estimate of drug-likeness (QED) is 0.389. The Bertz CT molecular complexity index is 1220. The van der Waals surface area contributed by atoms with Gasteiger partial charge in [0.15, 0.2) is 11.8 Å². The molecule has 3 aliphatic rings. The molecular weight excluding hydrogens is 504 g/mol. The number of hydrogen-bond acceptors (Lipinski definition) is 10. The minimum absolute atomic E-state index is 0.204. The molecule has 11 nitrogen and oxygen atoms in total. The lowest BCUT2D eigenvalue weighted by Crippen LogP contribution is -2.42. The summed E-state index contributed by atoms with van der Waals surface area (Å²) in [4.78, 5) is 14.4. The number of nitrogens with one attached hydrogen (secondary N) is 1. The maximum Gasteiger partial charge on any atom is 0.296 e. The molecule has 0 radical (unpaired) electrons. The standard InChI is InChI=1S/C25H29ClN4O7/c26-17-9-18-24(29-25(27-18)37-20-13-36-22-19(32)12-35-23(20)22)28-21(17)14-1-3-16(4-2-14)34-11-15(31)10-30-5-7-33-8-6-30/h1-4,9,15,19-20,22-23,31-32H,5-8,10-13H2,(H,27,28,29)/t15?,19-,20-,22-,23-/m1/s1. The van der Waals surface area contributed by atoms with Crippen LogP contribution in [-0.4, -0.2) is 113 Å². The van der Waals surface area contributed by atoms with Crippen molar-refractivity contribution in [1.29, 1.82) is 0 Å². The summed E-state index contributed by atoms with van der Waals surface area (Å²) >= 11 is 6.54. The lowest BCUT2D eigenvalue weighted by atomic mass is 10.1. The van der Waals surface area contributed by atoms with Crippen LogP contribution in [-0.2, 0) is 14.2 Å². The molecule has 2 aromatic heterocycles. The predicted octanol–water partition coefficient (Wildman–Crippen LogP) is 1.26. The molecule has 37 heavy (non-hydrogen) atoms. The third kappa shape index (κ3) is 5.39. The normalized spacial score (nSPS) is 26.9. The molecule has 3 aliphatic heterocycles. The Balaban J connectivity index is 1.09. The second kappa shape index (κ2) is 10.7. The van der Waals surface area contributed by atoms with Gasteiger partial charge in [-0.2, -0.15) is 4.98 Å². The van der Waals surface area contributed by atoms with E-state index in [1.54, 1.807) is 6.07 Å². The fourth-order valence-electron chi connectivity index (χ4n) is 4.88. The molecule has 3 fully saturated rings. The van der Waals surface area contributed by atoms with Gasteiger partial charge in [-0.3, -0.25) is 4.90 Å². The average Bonchev–Trinajstić information content (AvgIpc) is 3.60. The van der Waals surface area contributed by atoms with Crippen LogP contribution in [0.2, 0.25) is 5.02 Å². The number of morpholine rings is 1. The van der Waals surface area contributed by atoms with Gasteiger partial charge in [0.2, 0.25) is 0 Å². The van der Waals surface area contributed by atoms with E-state index in [4.69, 9.17) is 35.3 Å². The summed E-state index contributed by atoms with van der Waals surface area (Å²) < 4.78 is 28.3. The largest absolute Gasteiger partial charge is 0.491 e. The Morgan fingerprint density at radius 3 is 2.70 bits per heavy atom. The Morgan fingerprint density at radius 2 is 1.89 bits per heavy atom. The van der Waals surface area contributed by atoms with Gasteiger partial charge in [-0.15, -0.1) is 0 Å². The zero-order chi connectivity index (χ0) is 25.4. The third-order valence-corrected chi connectivity index (χ3v) is 7.08. The number of β-amino-alcohol motifs (C(OH)–C–C–N with tert-alkyl or cyclic N) is 1. The number of pyridine rings is 1. The van der Waals surface area contributed by atoms with Crippen LogP contribution in [0.1, 0.15) is 0 Å². The van der Waals surface area contributed by atoms with Crippen LogP contribution in [0.5, 0.6) is 11.8 Å². The zero-order valence-corrected chi connectivity index (χ0v) is 20.8. The number of fused-ring (bicyclic) bond motifs is 2. The van der Waals surface area contributed by atoms with E-state index in [-0.39, 0.29) is 37.5 Å². The Morgan fingerprint density at radius 1 is 1.11 bits per heavy atom. The molecule has 12 heteroatoms. The summed E-state index contributed by atoms with van der Waals surface area (Å²) in [5.74, 6) is 0.647. The van der Waals surface area contributed by atoms with Gasteiger partial charge in [0.25, 0.3) is 6.01 Å². The first-order valence-corrected chi connectivity index (χ1v) is 12.8. The van der Waals surface area contributed by atoms with Crippen molar-refractivity contribution in [2.75, 3.05) is 52.7 Å². The van der Waals surface area contributed by atoms with Crippen LogP contribution < -0.4 is 9.47 Å². The summed E-state index contributed by atoms with van der Waals surface area (Å²) in [6.45, 7) is 4.33. The van der Waals surface area contributed by atoms with E-state index >= 15 is 0 Å². The van der Waals surface area contributed by atoms with E-state index in [2.05, 4.69) is 19.9 Å². The minimum Gasteiger partial charge on any atom is -0.491 e. The van der Waals surface area contributed by atoms with Crippen LogP contribution in [0.3, 0.4) is 0 Å². The number of aliphatic hydroxyl groups excluding tert-OH is 2. The zero-order valence-electron chi connectivity index (χ0n) is 20.1. The van der Waals surface area contributed by atoms with Gasteiger partial charge in [0, 0.05) is 25.2 Å². The summed E-state index contributed by atoms with van der Waals surface area (Å²) in [5.41, 5.74) is 2.49. The number of H-pyrrole nitrogens is 1. The van der Waals surface area contributed by atoms with Gasteiger partial charge in [0.1, 0.15) is 36.8 Å². The monoisotopic (exact) mass is 532 g/mol. The van der Waals surface area contributed by atoms with E-state index in [1.807, 2.05) is 24.3 Å². The first-order chi connectivity index (χ1) is 18.0. The molecule has 6 rings (SSSR count). The molecule has 0 bridgehead atoms. The third-order valence-electron chi connectivity index (χ3n) is 6.79. The highest BCUT2D eigenvalue weighted by Crippen LogP contribution is 2.32. The Labute approximate surface area is 218 Å². The predicted molar refractivity (Wildman–Crippen MR) is 133 cm³/mol. The molecule has 3 saturated heterocycles. The highest BCUT2D eigenvalue weighted by atomic mass is 35.5. The number of ether oxygens (including phenoxy) is 5. The van der Waals surface area contributed by atoms with E-state index in [0.29, 0.717) is 54.0 Å². The number of aromatic amines is 1. The van der Waals surface area contributed by atoms with Crippen LogP contribution >= 0.6 is 11.6 Å². The molecule has 0 aliphatic carbocycles. The molecule has 3 N–H and O–H groups in total. The summed E-state index contributed by atoms with van der Waals surface area (Å²) in [7, 11) is 0. The lowest BCUT2D eigenvalue weighted by Gasteiger charge is -2.28. The Hall–Kier alpha value is -2.51. The van der Waals surface area contributed by atoms with E-state index in [0.717, 1.165) is 18.7 Å². The number of rotatable bonds is 8. The van der Waals surface area contributed by atoms with Gasteiger partial charge < -0.3 is 38.9 Å². The Kier molecular flexibility index (Phi) is 7.17. The molecule has 1 aromatic carbocycles. The van der Waals surface area contributed by atoms with Crippen LogP contribution in [0.25, 0.3) is 22.4 Å². The number of benzene rings is 1. The highest BCUT2D eigenvalue weighted by Gasteiger charge is 2.48. The van der Waals surface area contributed by atoms with Crippen molar-refractivity contribution >= 4 is 22.8 Å². The number of halogens is 1. The maximum absolute atomic E-state index is 10.3. The molecule has 1 unspecified atom stereocenters. The van der Waals surface area contributed by atoms with Crippen molar-refractivity contribution in [2.24, 2.45) is 0 Å². The van der Waals surface area contributed by atoms with Crippen molar-refractivity contribution in [3.8, 4) is 23.0 Å². The SMILES string of the molecule is OC(COc1ccc(-c2nc3nc(O[C@@H]4CO[C@H]5[C@@H]4OC[C@H]5O)[nH]c3cc2Cl)cc1)CN1CCOCC1. The summed E-state index contributed by atoms with van der Waals surface area (Å²) in [5, 5.41) is 20.7. The van der Waals surface area contributed by atoms with Crippen LogP contribution in [0.15, 0.2) is 30.3 Å². The molecule has 5 atom stereocenters. The summed E-state index contributed by atoms with van der Waals surface area (Å²) in [6.07, 6.45) is -2.32. The number of imidazole rings is 1. The van der Waals surface area contributed by atoms with Gasteiger partial charge in [-0.1, -0.05) is 11.6 Å². The van der Waals surface area contributed by atoms with Gasteiger partial charge >= 0.3 is 0 Å². The van der Waals surface area contributed by atoms with Crippen LogP contribution in [0, 0.1) is 0 Å². The maximum atomic E-state index is 10.3. The van der Waals surface area contributed by atoms with Crippen molar-refractivity contribution in [3.05, 3.63) is 35.4 Å². The molecule has 0 spiro atoms. The molecule has 0 saturated carbocycles. The van der Waals surface area contributed by atoms with Gasteiger partial charge in [-0.25, -0.2) is 4.98 Å². The highest BCUT2D eigenvalue weighted by molar-refractivity contribution is 6.33. The number of aromatic nitrogens is 3. The molecule has 198 valence electrons.